The second-order valence-corrected chi connectivity index (χ2v) is 8.03. The molecule has 160 valence electrons. The van der Waals surface area contributed by atoms with Gasteiger partial charge in [0.1, 0.15) is 11.9 Å². The molecule has 0 radical (unpaired) electrons. The number of carbonyl (C=O) groups excluding carboxylic acids is 1. The largest absolute Gasteiger partial charge is 0.484 e. The molecule has 0 bridgehead atoms. The molecule has 1 amide bonds. The molecule has 2 aromatic rings. The van der Waals surface area contributed by atoms with E-state index in [0.29, 0.717) is 19.0 Å². The predicted octanol–water partition coefficient (Wildman–Crippen LogP) is 3.22. The lowest BCUT2D eigenvalue weighted by Crippen LogP contribution is -2.50. The molecule has 2 aliphatic rings. The van der Waals surface area contributed by atoms with E-state index in [4.69, 9.17) is 9.47 Å². The molecule has 0 spiro atoms. The number of ether oxygens (including phenoxy) is 2. The Morgan fingerprint density at radius 3 is 2.47 bits per heavy atom. The molecule has 1 aliphatic carbocycles. The summed E-state index contributed by atoms with van der Waals surface area (Å²) in [7, 11) is 0. The molecule has 7 nitrogen and oxygen atoms in total. The fraction of sp³-hybridized carbons (Fsp3) is 0.522. The number of amides is 1. The molecule has 30 heavy (non-hydrogen) atoms. The monoisotopic (exact) mass is 410 g/mol. The fourth-order valence-electron chi connectivity index (χ4n) is 4.03. The Bertz CT molecular complexity index is 829. The number of hydrogen-bond acceptors (Lipinski definition) is 6. The summed E-state index contributed by atoms with van der Waals surface area (Å²) < 4.78 is 11.7. The molecule has 1 saturated carbocycles. The van der Waals surface area contributed by atoms with Gasteiger partial charge < -0.3 is 19.3 Å². The average Bonchev–Trinajstić information content (AvgIpc) is 2.80. The van der Waals surface area contributed by atoms with Crippen LogP contribution in [0.2, 0.25) is 0 Å². The summed E-state index contributed by atoms with van der Waals surface area (Å²) in [4.78, 5) is 16.5. The van der Waals surface area contributed by atoms with E-state index in [1.165, 1.54) is 19.3 Å². The van der Waals surface area contributed by atoms with E-state index in [9.17, 15) is 4.79 Å². The molecule has 1 aromatic heterocycles. The number of aryl methyl sites for hydroxylation is 1. The first-order valence-electron chi connectivity index (χ1n) is 10.9. The summed E-state index contributed by atoms with van der Waals surface area (Å²) in [5.41, 5.74) is 1.03. The van der Waals surface area contributed by atoms with Gasteiger partial charge in [-0.3, -0.25) is 4.79 Å². The summed E-state index contributed by atoms with van der Waals surface area (Å²) >= 11 is 0. The van der Waals surface area contributed by atoms with Crippen LogP contribution in [0.3, 0.4) is 0 Å². The van der Waals surface area contributed by atoms with Crippen LogP contribution in [-0.4, -0.2) is 59.9 Å². The second-order valence-electron chi connectivity index (χ2n) is 8.03. The van der Waals surface area contributed by atoms with Crippen molar-refractivity contribution >= 4 is 11.7 Å². The number of carbonyl (C=O) groups is 1. The lowest BCUT2D eigenvalue weighted by atomic mass is 9.98. The Morgan fingerprint density at radius 1 is 1.00 bits per heavy atom. The topological polar surface area (TPSA) is 67.8 Å². The zero-order valence-corrected chi connectivity index (χ0v) is 17.6. The van der Waals surface area contributed by atoms with Gasteiger partial charge in [-0.15, -0.1) is 10.2 Å². The van der Waals surface area contributed by atoms with Crippen LogP contribution in [-0.2, 0) is 4.79 Å². The highest BCUT2D eigenvalue weighted by atomic mass is 16.5. The molecule has 1 aromatic carbocycles. The van der Waals surface area contributed by atoms with Crippen molar-refractivity contribution in [3.8, 4) is 11.6 Å². The molecule has 4 rings (SSSR count). The first-order valence-corrected chi connectivity index (χ1v) is 10.9. The molecule has 2 heterocycles. The average molecular weight is 411 g/mol. The summed E-state index contributed by atoms with van der Waals surface area (Å²) in [6.45, 7) is 4.81. The zero-order valence-electron chi connectivity index (χ0n) is 17.6. The van der Waals surface area contributed by atoms with Crippen LogP contribution in [0, 0.1) is 6.92 Å². The van der Waals surface area contributed by atoms with Crippen LogP contribution in [0.25, 0.3) is 0 Å². The highest BCUT2D eigenvalue weighted by molar-refractivity contribution is 5.78. The van der Waals surface area contributed by atoms with Crippen molar-refractivity contribution in [1.82, 2.24) is 15.1 Å². The van der Waals surface area contributed by atoms with Crippen LogP contribution in [0.15, 0.2) is 36.4 Å². The Labute approximate surface area is 178 Å². The van der Waals surface area contributed by atoms with Gasteiger partial charge in [-0.1, -0.05) is 24.6 Å². The molecular formula is C23H30N4O3. The normalized spacial score (nSPS) is 17.6. The number of benzene rings is 1. The minimum atomic E-state index is 0.0141. The lowest BCUT2D eigenvalue weighted by Gasteiger charge is -2.35. The van der Waals surface area contributed by atoms with Gasteiger partial charge in [-0.2, -0.15) is 0 Å². The minimum absolute atomic E-state index is 0.0141. The number of nitrogens with zero attached hydrogens (tertiary/aromatic N) is 4. The third kappa shape index (κ3) is 5.20. The molecule has 7 heteroatoms. The van der Waals surface area contributed by atoms with Crippen molar-refractivity contribution in [2.45, 2.75) is 45.1 Å². The van der Waals surface area contributed by atoms with E-state index in [1.54, 1.807) is 0 Å². The Balaban J connectivity index is 1.23. The first-order chi connectivity index (χ1) is 14.7. The van der Waals surface area contributed by atoms with E-state index < -0.39 is 0 Å². The standard InChI is InChI=1S/C23H30N4O3/c1-18-7-5-6-10-20(18)29-17-23(28)27-15-13-26(14-16-27)21-11-12-22(25-24-21)30-19-8-3-2-4-9-19/h5-7,10-12,19H,2-4,8-9,13-17H2,1H3. The predicted molar refractivity (Wildman–Crippen MR) is 115 cm³/mol. The SMILES string of the molecule is Cc1ccccc1OCC(=O)N1CCN(c2ccc(OC3CCCCC3)nn2)CC1. The van der Waals surface area contributed by atoms with E-state index in [0.717, 1.165) is 43.1 Å². The Morgan fingerprint density at radius 2 is 1.77 bits per heavy atom. The molecule has 2 fully saturated rings. The van der Waals surface area contributed by atoms with Gasteiger partial charge >= 0.3 is 0 Å². The van der Waals surface area contributed by atoms with Crippen molar-refractivity contribution < 1.29 is 14.3 Å². The Hall–Kier alpha value is -2.83. The van der Waals surface area contributed by atoms with E-state index in [-0.39, 0.29) is 18.6 Å². The number of para-hydroxylation sites is 1. The summed E-state index contributed by atoms with van der Waals surface area (Å²) in [5.74, 6) is 2.21. The molecule has 0 N–H and O–H groups in total. The second kappa shape index (κ2) is 9.78. The first kappa shape index (κ1) is 20.4. The summed E-state index contributed by atoms with van der Waals surface area (Å²) in [6.07, 6.45) is 6.25. The number of anilines is 1. The van der Waals surface area contributed by atoms with Crippen LogP contribution in [0.4, 0.5) is 5.82 Å². The van der Waals surface area contributed by atoms with Crippen molar-refractivity contribution in [2.24, 2.45) is 0 Å². The van der Waals surface area contributed by atoms with Gasteiger partial charge in [0.15, 0.2) is 12.4 Å². The van der Waals surface area contributed by atoms with Crippen molar-refractivity contribution in [2.75, 3.05) is 37.7 Å². The maximum absolute atomic E-state index is 12.5. The van der Waals surface area contributed by atoms with Gasteiger partial charge in [0.25, 0.3) is 5.91 Å². The summed E-state index contributed by atoms with van der Waals surface area (Å²) in [6, 6.07) is 11.6. The molecule has 1 aliphatic heterocycles. The molecule has 1 saturated heterocycles. The van der Waals surface area contributed by atoms with E-state index in [2.05, 4.69) is 15.1 Å². The van der Waals surface area contributed by atoms with Crippen LogP contribution in [0.5, 0.6) is 11.6 Å². The molecule has 0 unspecified atom stereocenters. The third-order valence-electron chi connectivity index (χ3n) is 5.87. The Kier molecular flexibility index (Phi) is 6.67. The summed E-state index contributed by atoms with van der Waals surface area (Å²) in [5, 5.41) is 8.61. The molecular weight excluding hydrogens is 380 g/mol. The fourth-order valence-corrected chi connectivity index (χ4v) is 4.03. The van der Waals surface area contributed by atoms with Crippen molar-refractivity contribution in [3.63, 3.8) is 0 Å². The lowest BCUT2D eigenvalue weighted by molar-refractivity contribution is -0.133. The number of aromatic nitrogens is 2. The van der Waals surface area contributed by atoms with Crippen LogP contribution in [0.1, 0.15) is 37.7 Å². The van der Waals surface area contributed by atoms with E-state index in [1.807, 2.05) is 48.2 Å². The third-order valence-corrected chi connectivity index (χ3v) is 5.87. The molecule has 0 atom stereocenters. The minimum Gasteiger partial charge on any atom is -0.484 e. The maximum Gasteiger partial charge on any atom is 0.260 e. The van der Waals surface area contributed by atoms with Crippen LogP contribution >= 0.6 is 0 Å². The van der Waals surface area contributed by atoms with E-state index >= 15 is 0 Å². The quantitative estimate of drug-likeness (QED) is 0.728. The van der Waals surface area contributed by atoms with Gasteiger partial charge in [-0.25, -0.2) is 0 Å². The number of piperazine rings is 1. The van der Waals surface area contributed by atoms with Gasteiger partial charge in [-0.05, 0) is 50.3 Å². The number of rotatable bonds is 6. The van der Waals surface area contributed by atoms with Gasteiger partial charge in [0.2, 0.25) is 5.88 Å². The van der Waals surface area contributed by atoms with Crippen molar-refractivity contribution in [1.29, 1.82) is 0 Å². The maximum atomic E-state index is 12.5. The van der Waals surface area contributed by atoms with Crippen LogP contribution < -0.4 is 14.4 Å². The van der Waals surface area contributed by atoms with Crippen molar-refractivity contribution in [3.05, 3.63) is 42.0 Å². The number of hydrogen-bond donors (Lipinski definition) is 0. The van der Waals surface area contributed by atoms with Gasteiger partial charge in [0, 0.05) is 32.2 Å². The highest BCUT2D eigenvalue weighted by Gasteiger charge is 2.23. The highest BCUT2D eigenvalue weighted by Crippen LogP contribution is 2.23. The van der Waals surface area contributed by atoms with Gasteiger partial charge in [0.05, 0.1) is 0 Å². The zero-order chi connectivity index (χ0) is 20.8. The smallest absolute Gasteiger partial charge is 0.260 e.